The first-order chi connectivity index (χ1) is 13.2. The Hall–Kier alpha value is -2.76. The molecule has 2 aliphatic rings. The lowest BCUT2D eigenvalue weighted by Crippen LogP contribution is -2.46. The van der Waals surface area contributed by atoms with E-state index in [1.807, 2.05) is 30.3 Å². The van der Waals surface area contributed by atoms with Crippen molar-refractivity contribution in [3.8, 4) is 11.5 Å². The molecule has 1 amide bonds. The van der Waals surface area contributed by atoms with Crippen LogP contribution in [0.3, 0.4) is 0 Å². The number of amides is 1. The van der Waals surface area contributed by atoms with Gasteiger partial charge in [-0.05, 0) is 43.9 Å². The minimum absolute atomic E-state index is 0.207. The Balaban J connectivity index is 1.76. The van der Waals surface area contributed by atoms with Crippen LogP contribution < -0.4 is 14.8 Å². The first-order valence-corrected chi connectivity index (χ1v) is 9.44. The Morgan fingerprint density at radius 3 is 2.74 bits per heavy atom. The van der Waals surface area contributed by atoms with E-state index < -0.39 is 11.7 Å². The first kappa shape index (κ1) is 17.6. The van der Waals surface area contributed by atoms with Crippen LogP contribution in [0.1, 0.15) is 43.2 Å². The number of nitrogens with one attached hydrogen (secondary N) is 1. The first-order valence-electron chi connectivity index (χ1n) is 9.44. The summed E-state index contributed by atoms with van der Waals surface area (Å²) in [5, 5.41) is 2.73. The summed E-state index contributed by atoms with van der Waals surface area (Å²) in [5.41, 5.74) is 0.812. The second-order valence-corrected chi connectivity index (χ2v) is 7.02. The van der Waals surface area contributed by atoms with Crippen molar-refractivity contribution in [1.29, 1.82) is 0 Å². The number of hydrogen-bond acceptors (Lipinski definition) is 5. The van der Waals surface area contributed by atoms with Crippen LogP contribution in [0.25, 0.3) is 0 Å². The van der Waals surface area contributed by atoms with E-state index in [1.165, 1.54) is 12.8 Å². The van der Waals surface area contributed by atoms with E-state index in [1.54, 1.807) is 19.5 Å². The third-order valence-electron chi connectivity index (χ3n) is 5.37. The van der Waals surface area contributed by atoms with Crippen LogP contribution in [-0.4, -0.2) is 30.8 Å². The Morgan fingerprint density at radius 1 is 1.19 bits per heavy atom. The number of methoxy groups -OCH3 is 1. The van der Waals surface area contributed by atoms with Gasteiger partial charge >= 0.3 is 6.09 Å². The number of nitrogens with zero attached hydrogens (tertiary/aromatic N) is 1. The van der Waals surface area contributed by atoms with E-state index in [2.05, 4.69) is 10.3 Å². The minimum atomic E-state index is -0.892. The molecule has 2 fully saturated rings. The summed E-state index contributed by atoms with van der Waals surface area (Å²) in [7, 11) is 1.64. The van der Waals surface area contributed by atoms with Crippen LogP contribution >= 0.6 is 0 Å². The molecule has 142 valence electrons. The molecule has 0 radical (unpaired) electrons. The Morgan fingerprint density at radius 2 is 2.04 bits per heavy atom. The molecule has 6 heteroatoms. The Labute approximate surface area is 158 Å². The number of ether oxygens (including phenoxy) is 3. The molecule has 6 nitrogen and oxygen atoms in total. The van der Waals surface area contributed by atoms with Gasteiger partial charge in [0.1, 0.15) is 0 Å². The number of carbonyl (C=O) groups excluding carboxylic acids is 1. The summed E-state index contributed by atoms with van der Waals surface area (Å²) in [4.78, 5) is 16.3. The molecule has 1 aliphatic carbocycles. The summed E-state index contributed by atoms with van der Waals surface area (Å²) in [5.74, 6) is 1.38. The molecule has 1 aliphatic heterocycles. The van der Waals surface area contributed by atoms with Gasteiger partial charge in [-0.2, -0.15) is 0 Å². The van der Waals surface area contributed by atoms with Gasteiger partial charge in [0.15, 0.2) is 17.1 Å². The second-order valence-electron chi connectivity index (χ2n) is 7.02. The minimum Gasteiger partial charge on any atom is -0.493 e. The predicted molar refractivity (Wildman–Crippen MR) is 100.0 cm³/mol. The summed E-state index contributed by atoms with van der Waals surface area (Å²) in [6.07, 6.45) is 8.34. The molecule has 2 aromatic rings. The van der Waals surface area contributed by atoms with Crippen molar-refractivity contribution in [1.82, 2.24) is 10.3 Å². The summed E-state index contributed by atoms with van der Waals surface area (Å²) >= 11 is 0. The lowest BCUT2D eigenvalue weighted by Gasteiger charge is -2.37. The van der Waals surface area contributed by atoms with Gasteiger partial charge < -0.3 is 19.5 Å². The lowest BCUT2D eigenvalue weighted by molar-refractivity contribution is 0.0131. The van der Waals surface area contributed by atoms with E-state index in [0.29, 0.717) is 24.5 Å². The van der Waals surface area contributed by atoms with Crippen LogP contribution in [0.4, 0.5) is 4.79 Å². The zero-order valence-electron chi connectivity index (χ0n) is 15.4. The third kappa shape index (κ3) is 3.44. The maximum atomic E-state index is 12.1. The van der Waals surface area contributed by atoms with Crippen molar-refractivity contribution in [2.45, 2.75) is 43.8 Å². The van der Waals surface area contributed by atoms with E-state index in [9.17, 15) is 4.79 Å². The average molecular weight is 368 g/mol. The molecule has 1 aromatic heterocycles. The van der Waals surface area contributed by atoms with Crippen LogP contribution in [0.2, 0.25) is 0 Å². The zero-order chi connectivity index (χ0) is 18.7. The number of pyridine rings is 1. The van der Waals surface area contributed by atoms with Gasteiger partial charge in [-0.3, -0.25) is 4.98 Å². The van der Waals surface area contributed by atoms with Gasteiger partial charge in [0.05, 0.1) is 13.2 Å². The molecule has 0 spiro atoms. The zero-order valence-corrected chi connectivity index (χ0v) is 15.4. The highest BCUT2D eigenvalue weighted by Gasteiger charge is 2.42. The fourth-order valence-corrected chi connectivity index (χ4v) is 3.97. The number of alkyl carbamates (subject to hydrolysis) is 1. The number of carbonyl (C=O) groups is 1. The van der Waals surface area contributed by atoms with Crippen molar-refractivity contribution < 1.29 is 19.0 Å². The fraction of sp³-hybridized carbons (Fsp3) is 0.429. The normalized spacial score (nSPS) is 22.8. The van der Waals surface area contributed by atoms with E-state index in [-0.39, 0.29) is 6.10 Å². The van der Waals surface area contributed by atoms with Crippen LogP contribution in [0.5, 0.6) is 11.5 Å². The second kappa shape index (κ2) is 7.47. The maximum Gasteiger partial charge on any atom is 0.408 e. The number of rotatable bonds is 5. The average Bonchev–Trinajstić information content (AvgIpc) is 3.21. The molecule has 4 rings (SSSR count). The van der Waals surface area contributed by atoms with Gasteiger partial charge in [-0.1, -0.05) is 12.1 Å². The van der Waals surface area contributed by atoms with Crippen molar-refractivity contribution >= 4 is 6.09 Å². The van der Waals surface area contributed by atoms with Gasteiger partial charge in [0.2, 0.25) is 0 Å². The Bertz CT molecular complexity index is 805. The molecule has 0 bridgehead atoms. The van der Waals surface area contributed by atoms with Crippen molar-refractivity contribution in [2.24, 2.45) is 0 Å². The standard InChI is InChI=1S/C21H24N2O4/c1-25-18-9-8-15(13-19(18)26-17-6-2-3-7-17)21(10-12-23-20(24)27-21)16-5-4-11-22-14-16/h4-5,8-9,11,13-14,17H,2-3,6-7,10,12H2,1H3,(H,23,24). The Kier molecular flexibility index (Phi) is 4.88. The molecule has 1 unspecified atom stereocenters. The number of benzene rings is 1. The highest BCUT2D eigenvalue weighted by atomic mass is 16.6. The third-order valence-corrected chi connectivity index (χ3v) is 5.37. The molecule has 1 N–H and O–H groups in total. The monoisotopic (exact) mass is 368 g/mol. The highest BCUT2D eigenvalue weighted by molar-refractivity contribution is 5.70. The van der Waals surface area contributed by atoms with Crippen molar-refractivity contribution in [3.63, 3.8) is 0 Å². The maximum absolute atomic E-state index is 12.1. The molecule has 2 heterocycles. The highest BCUT2D eigenvalue weighted by Crippen LogP contribution is 2.42. The van der Waals surface area contributed by atoms with Crippen LogP contribution in [0, 0.1) is 0 Å². The molecular weight excluding hydrogens is 344 g/mol. The smallest absolute Gasteiger partial charge is 0.408 e. The molecular formula is C21H24N2O4. The topological polar surface area (TPSA) is 69.7 Å². The molecule has 1 aromatic carbocycles. The van der Waals surface area contributed by atoms with Crippen LogP contribution in [-0.2, 0) is 10.3 Å². The lowest BCUT2D eigenvalue weighted by atomic mass is 9.83. The van der Waals surface area contributed by atoms with Crippen molar-refractivity contribution in [2.75, 3.05) is 13.7 Å². The quantitative estimate of drug-likeness (QED) is 0.870. The molecule has 27 heavy (non-hydrogen) atoms. The molecule has 1 saturated carbocycles. The predicted octanol–water partition coefficient (Wildman–Crippen LogP) is 3.79. The molecule has 1 atom stereocenters. The van der Waals surface area contributed by atoms with E-state index in [4.69, 9.17) is 14.2 Å². The molecule has 1 saturated heterocycles. The van der Waals surface area contributed by atoms with E-state index >= 15 is 0 Å². The number of cyclic esters (lactones) is 1. The van der Waals surface area contributed by atoms with Gasteiger partial charge in [0, 0.05) is 36.5 Å². The largest absolute Gasteiger partial charge is 0.493 e. The summed E-state index contributed by atoms with van der Waals surface area (Å²) < 4.78 is 17.6. The number of hydrogen-bond donors (Lipinski definition) is 1. The summed E-state index contributed by atoms with van der Waals surface area (Å²) in [6.45, 7) is 0.526. The van der Waals surface area contributed by atoms with Gasteiger partial charge in [-0.25, -0.2) is 4.79 Å². The number of aromatic nitrogens is 1. The summed E-state index contributed by atoms with van der Waals surface area (Å²) in [6, 6.07) is 9.56. The van der Waals surface area contributed by atoms with Gasteiger partial charge in [-0.15, -0.1) is 0 Å². The van der Waals surface area contributed by atoms with E-state index in [0.717, 1.165) is 24.0 Å². The fourth-order valence-electron chi connectivity index (χ4n) is 3.97. The SMILES string of the molecule is COc1ccc(C2(c3cccnc3)CCNC(=O)O2)cc1OC1CCCC1. The van der Waals surface area contributed by atoms with Crippen molar-refractivity contribution in [3.05, 3.63) is 53.9 Å². The van der Waals surface area contributed by atoms with Gasteiger partial charge in [0.25, 0.3) is 0 Å². The van der Waals surface area contributed by atoms with Crippen LogP contribution in [0.15, 0.2) is 42.7 Å².